The first-order chi connectivity index (χ1) is 9.22. The maximum atomic E-state index is 12.0. The summed E-state index contributed by atoms with van der Waals surface area (Å²) in [5.41, 5.74) is 1.18. The maximum Gasteiger partial charge on any atom is 0.262 e. The van der Waals surface area contributed by atoms with Crippen molar-refractivity contribution in [2.75, 3.05) is 18.5 Å². The number of benzene rings is 1. The third-order valence-electron chi connectivity index (χ3n) is 3.65. The Morgan fingerprint density at radius 2 is 2.26 bits per heavy atom. The van der Waals surface area contributed by atoms with Crippen molar-refractivity contribution in [3.05, 3.63) is 23.8 Å². The van der Waals surface area contributed by atoms with Gasteiger partial charge in [0.05, 0.1) is 5.69 Å². The molecule has 1 aromatic carbocycles. The molecule has 100 valence electrons. The van der Waals surface area contributed by atoms with Gasteiger partial charge < -0.3 is 15.4 Å². The molecule has 1 saturated carbocycles. The molecule has 2 amide bonds. The number of anilines is 1. The van der Waals surface area contributed by atoms with Crippen molar-refractivity contribution in [1.82, 2.24) is 5.32 Å². The van der Waals surface area contributed by atoms with Crippen LogP contribution in [0.5, 0.6) is 5.75 Å². The minimum Gasteiger partial charge on any atom is -0.482 e. The zero-order valence-electron chi connectivity index (χ0n) is 10.6. The number of hydrogen-bond acceptors (Lipinski definition) is 3. The molecule has 0 unspecified atom stereocenters. The Morgan fingerprint density at radius 1 is 1.42 bits per heavy atom. The highest BCUT2D eigenvalue weighted by Gasteiger charge is 2.20. The van der Waals surface area contributed by atoms with Gasteiger partial charge in [0.2, 0.25) is 0 Å². The van der Waals surface area contributed by atoms with E-state index in [-0.39, 0.29) is 18.4 Å². The van der Waals surface area contributed by atoms with E-state index in [0.29, 0.717) is 22.9 Å². The lowest BCUT2D eigenvalue weighted by molar-refractivity contribution is -0.118. The van der Waals surface area contributed by atoms with Gasteiger partial charge in [0.15, 0.2) is 6.61 Å². The largest absolute Gasteiger partial charge is 0.482 e. The summed E-state index contributed by atoms with van der Waals surface area (Å²) in [6.45, 7) is 0.744. The molecule has 0 atom stereocenters. The molecule has 5 nitrogen and oxygen atoms in total. The molecule has 2 N–H and O–H groups in total. The van der Waals surface area contributed by atoms with E-state index in [9.17, 15) is 9.59 Å². The van der Waals surface area contributed by atoms with Gasteiger partial charge in [-0.25, -0.2) is 0 Å². The van der Waals surface area contributed by atoms with Crippen LogP contribution in [-0.2, 0) is 4.79 Å². The summed E-state index contributed by atoms with van der Waals surface area (Å²) in [6, 6.07) is 5.07. The fourth-order valence-corrected chi connectivity index (χ4v) is 2.25. The molecule has 0 bridgehead atoms. The SMILES string of the molecule is O=C1COc2cc(C(=O)NCC3CCC3)ccc2N1. The second-order valence-corrected chi connectivity index (χ2v) is 5.05. The highest BCUT2D eigenvalue weighted by molar-refractivity contribution is 5.98. The van der Waals surface area contributed by atoms with E-state index in [0.717, 1.165) is 6.54 Å². The van der Waals surface area contributed by atoms with E-state index in [1.165, 1.54) is 19.3 Å². The topological polar surface area (TPSA) is 67.4 Å². The quantitative estimate of drug-likeness (QED) is 0.866. The molecule has 1 heterocycles. The van der Waals surface area contributed by atoms with Crippen molar-refractivity contribution in [3.8, 4) is 5.75 Å². The van der Waals surface area contributed by atoms with Crippen molar-refractivity contribution in [3.63, 3.8) is 0 Å². The first kappa shape index (κ1) is 12.0. The van der Waals surface area contributed by atoms with Crippen LogP contribution in [0.25, 0.3) is 0 Å². The lowest BCUT2D eigenvalue weighted by Gasteiger charge is -2.25. The van der Waals surface area contributed by atoms with Crippen LogP contribution < -0.4 is 15.4 Å². The molecule has 0 saturated heterocycles. The Hall–Kier alpha value is -2.04. The van der Waals surface area contributed by atoms with Crippen LogP contribution in [0.15, 0.2) is 18.2 Å². The third-order valence-corrected chi connectivity index (χ3v) is 3.65. The van der Waals surface area contributed by atoms with Gasteiger partial charge in [-0.3, -0.25) is 9.59 Å². The van der Waals surface area contributed by atoms with E-state index < -0.39 is 0 Å². The number of ether oxygens (including phenoxy) is 1. The van der Waals surface area contributed by atoms with Gasteiger partial charge in [-0.15, -0.1) is 0 Å². The van der Waals surface area contributed by atoms with Gasteiger partial charge in [-0.2, -0.15) is 0 Å². The van der Waals surface area contributed by atoms with Crippen LogP contribution >= 0.6 is 0 Å². The minimum absolute atomic E-state index is 0.000145. The molecular weight excluding hydrogens is 244 g/mol. The number of fused-ring (bicyclic) bond motifs is 1. The second-order valence-electron chi connectivity index (χ2n) is 5.05. The van der Waals surface area contributed by atoms with Gasteiger partial charge in [0, 0.05) is 12.1 Å². The van der Waals surface area contributed by atoms with Gasteiger partial charge in [0.25, 0.3) is 11.8 Å². The van der Waals surface area contributed by atoms with Crippen molar-refractivity contribution < 1.29 is 14.3 Å². The number of nitrogens with one attached hydrogen (secondary N) is 2. The van der Waals surface area contributed by atoms with Crippen LogP contribution in [0.1, 0.15) is 29.6 Å². The predicted molar refractivity (Wildman–Crippen MR) is 70.2 cm³/mol. The zero-order chi connectivity index (χ0) is 13.2. The number of rotatable bonds is 3. The average molecular weight is 260 g/mol. The summed E-state index contributed by atoms with van der Waals surface area (Å²) in [7, 11) is 0. The Morgan fingerprint density at radius 3 is 3.00 bits per heavy atom. The number of amides is 2. The zero-order valence-corrected chi connectivity index (χ0v) is 10.6. The second kappa shape index (κ2) is 4.91. The van der Waals surface area contributed by atoms with Gasteiger partial charge in [-0.05, 0) is 37.0 Å². The first-order valence-electron chi connectivity index (χ1n) is 6.57. The highest BCUT2D eigenvalue weighted by Crippen LogP contribution is 2.29. The smallest absolute Gasteiger partial charge is 0.262 e. The van der Waals surface area contributed by atoms with E-state index in [1.807, 2.05) is 0 Å². The number of carbonyl (C=O) groups excluding carboxylic acids is 2. The van der Waals surface area contributed by atoms with Crippen molar-refractivity contribution in [1.29, 1.82) is 0 Å². The van der Waals surface area contributed by atoms with E-state index in [1.54, 1.807) is 18.2 Å². The van der Waals surface area contributed by atoms with Crippen LogP contribution in [0.2, 0.25) is 0 Å². The Bertz CT molecular complexity index is 523. The maximum absolute atomic E-state index is 12.0. The molecule has 0 spiro atoms. The van der Waals surface area contributed by atoms with Crippen LogP contribution in [0, 0.1) is 5.92 Å². The van der Waals surface area contributed by atoms with Crippen molar-refractivity contribution in [2.45, 2.75) is 19.3 Å². The van der Waals surface area contributed by atoms with Crippen LogP contribution in [0.4, 0.5) is 5.69 Å². The molecule has 3 rings (SSSR count). The summed E-state index contributed by atoms with van der Waals surface area (Å²) in [4.78, 5) is 23.1. The summed E-state index contributed by atoms with van der Waals surface area (Å²) in [5.74, 6) is 0.929. The molecule has 19 heavy (non-hydrogen) atoms. The molecule has 5 heteroatoms. The molecule has 1 aliphatic carbocycles. The van der Waals surface area contributed by atoms with E-state index in [2.05, 4.69) is 10.6 Å². The molecule has 1 aromatic rings. The van der Waals surface area contributed by atoms with Crippen molar-refractivity contribution >= 4 is 17.5 Å². The lowest BCUT2D eigenvalue weighted by atomic mass is 9.85. The summed E-state index contributed by atoms with van der Waals surface area (Å²) in [6.07, 6.45) is 3.69. The fourth-order valence-electron chi connectivity index (χ4n) is 2.25. The molecule has 1 aliphatic heterocycles. The molecule has 2 aliphatic rings. The number of carbonyl (C=O) groups is 2. The Kier molecular flexibility index (Phi) is 3.11. The highest BCUT2D eigenvalue weighted by atomic mass is 16.5. The number of hydrogen-bond donors (Lipinski definition) is 2. The average Bonchev–Trinajstić information content (AvgIpc) is 2.36. The monoisotopic (exact) mass is 260 g/mol. The standard InChI is InChI=1S/C14H16N2O3/c17-13-8-19-12-6-10(4-5-11(12)16-13)14(18)15-7-9-2-1-3-9/h4-6,9H,1-3,7-8H2,(H,15,18)(H,16,17). The molecule has 1 fully saturated rings. The Balaban J connectivity index is 1.67. The minimum atomic E-state index is -0.172. The summed E-state index contributed by atoms with van der Waals surface area (Å²) < 4.78 is 5.29. The van der Waals surface area contributed by atoms with Gasteiger partial charge in [-0.1, -0.05) is 6.42 Å². The Labute approximate surface area is 111 Å². The normalized spacial score (nSPS) is 17.8. The lowest BCUT2D eigenvalue weighted by Crippen LogP contribution is -2.32. The van der Waals surface area contributed by atoms with Crippen LogP contribution in [0.3, 0.4) is 0 Å². The summed E-state index contributed by atoms with van der Waals surface area (Å²) in [5, 5.41) is 5.63. The molecule has 0 radical (unpaired) electrons. The van der Waals surface area contributed by atoms with Crippen molar-refractivity contribution in [2.24, 2.45) is 5.92 Å². The van der Waals surface area contributed by atoms with E-state index >= 15 is 0 Å². The molecule has 0 aromatic heterocycles. The van der Waals surface area contributed by atoms with Crippen LogP contribution in [-0.4, -0.2) is 25.0 Å². The first-order valence-corrected chi connectivity index (χ1v) is 6.57. The fraction of sp³-hybridized carbons (Fsp3) is 0.429. The van der Waals surface area contributed by atoms with E-state index in [4.69, 9.17) is 4.74 Å². The van der Waals surface area contributed by atoms with Gasteiger partial charge in [0.1, 0.15) is 5.75 Å². The molecular formula is C14H16N2O3. The van der Waals surface area contributed by atoms with Gasteiger partial charge >= 0.3 is 0 Å². The summed E-state index contributed by atoms with van der Waals surface area (Å²) >= 11 is 0. The predicted octanol–water partition coefficient (Wildman–Crippen LogP) is 1.55. The third kappa shape index (κ3) is 2.54.